The predicted molar refractivity (Wildman–Crippen MR) is 80.2 cm³/mol. The summed E-state index contributed by atoms with van der Waals surface area (Å²) in [5.74, 6) is 0.535. The van der Waals surface area contributed by atoms with E-state index in [9.17, 15) is 9.18 Å². The van der Waals surface area contributed by atoms with Crippen LogP contribution in [0.2, 0.25) is 5.02 Å². The molecule has 0 aliphatic carbocycles. The number of hydrogen-bond donors (Lipinski definition) is 0. The van der Waals surface area contributed by atoms with Gasteiger partial charge < -0.3 is 9.47 Å². The number of imidazole rings is 1. The molecule has 1 aliphatic rings. The van der Waals surface area contributed by atoms with E-state index in [1.54, 1.807) is 11.9 Å². The molecule has 1 aliphatic heterocycles. The number of alkyl halides is 1. The fraction of sp³-hybridized carbons (Fsp3) is 0.429. The number of piperidine rings is 1. The molecule has 112 valence electrons. The fourth-order valence-electron chi connectivity index (χ4n) is 2.84. The molecule has 1 unspecified atom stereocenters. The lowest BCUT2D eigenvalue weighted by Gasteiger charge is -2.31. The van der Waals surface area contributed by atoms with Crippen LogP contribution in [0, 0.1) is 5.82 Å². The summed E-state index contributed by atoms with van der Waals surface area (Å²) in [6.45, 7) is 0.568. The first-order valence-electron chi connectivity index (χ1n) is 6.67. The van der Waals surface area contributed by atoms with Gasteiger partial charge in [0, 0.05) is 26.1 Å². The summed E-state index contributed by atoms with van der Waals surface area (Å²) < 4.78 is 15.7. The molecule has 1 amide bonds. The number of fused-ring (bicyclic) bond motifs is 1. The second-order valence-corrected chi connectivity index (χ2v) is 5.93. The van der Waals surface area contributed by atoms with Crippen molar-refractivity contribution in [2.24, 2.45) is 0 Å². The van der Waals surface area contributed by atoms with Gasteiger partial charge in [0.2, 0.25) is 5.91 Å². The Morgan fingerprint density at radius 2 is 2.24 bits per heavy atom. The number of rotatable bonds is 2. The number of nitrogens with zero attached hydrogens (tertiary/aromatic N) is 3. The van der Waals surface area contributed by atoms with Crippen molar-refractivity contribution < 1.29 is 9.18 Å². The van der Waals surface area contributed by atoms with Crippen LogP contribution in [0.1, 0.15) is 24.7 Å². The van der Waals surface area contributed by atoms with Crippen molar-refractivity contribution >= 4 is 40.1 Å². The molecule has 4 nitrogen and oxygen atoms in total. The van der Waals surface area contributed by atoms with Gasteiger partial charge in [-0.15, -0.1) is 11.6 Å². The van der Waals surface area contributed by atoms with Crippen molar-refractivity contribution in [3.8, 4) is 0 Å². The highest BCUT2D eigenvalue weighted by molar-refractivity contribution is 6.31. The van der Waals surface area contributed by atoms with Crippen molar-refractivity contribution in [1.82, 2.24) is 14.5 Å². The third-order valence-electron chi connectivity index (χ3n) is 3.89. The summed E-state index contributed by atoms with van der Waals surface area (Å²) in [7, 11) is 1.77. The van der Waals surface area contributed by atoms with Gasteiger partial charge in [-0.25, -0.2) is 9.37 Å². The fourth-order valence-corrected chi connectivity index (χ4v) is 3.19. The first kappa shape index (κ1) is 14.6. The molecular formula is C14H14Cl2FN3O. The lowest BCUT2D eigenvalue weighted by Crippen LogP contribution is -2.38. The first-order valence-corrected chi connectivity index (χ1v) is 7.58. The zero-order chi connectivity index (χ0) is 15.1. The number of hydrogen-bond acceptors (Lipinski definition) is 2. The summed E-state index contributed by atoms with van der Waals surface area (Å²) in [4.78, 5) is 17.7. The average Bonchev–Trinajstić information content (AvgIpc) is 2.80. The smallest absolute Gasteiger partial charge is 0.222 e. The molecule has 1 aromatic carbocycles. The summed E-state index contributed by atoms with van der Waals surface area (Å²) in [6.07, 6.45) is 1.17. The monoisotopic (exact) mass is 329 g/mol. The lowest BCUT2D eigenvalue weighted by atomic mass is 10.0. The maximum Gasteiger partial charge on any atom is 0.222 e. The summed E-state index contributed by atoms with van der Waals surface area (Å²) in [5.41, 5.74) is 1.29. The van der Waals surface area contributed by atoms with E-state index >= 15 is 0 Å². The van der Waals surface area contributed by atoms with Crippen molar-refractivity contribution in [2.45, 2.75) is 24.8 Å². The largest absolute Gasteiger partial charge is 0.344 e. The molecule has 0 spiro atoms. The van der Waals surface area contributed by atoms with Gasteiger partial charge in [0.1, 0.15) is 11.6 Å². The Morgan fingerprint density at radius 3 is 2.90 bits per heavy atom. The molecule has 0 N–H and O–H groups in total. The van der Waals surface area contributed by atoms with E-state index in [2.05, 4.69) is 4.98 Å². The Hall–Kier alpha value is -1.33. The number of aromatic nitrogens is 2. The molecule has 21 heavy (non-hydrogen) atoms. The normalized spacial score (nSPS) is 19.5. The number of likely N-dealkylation sites (N-methyl/N-ethyl adjacent to an activating group) is 1. The van der Waals surface area contributed by atoms with E-state index < -0.39 is 5.82 Å². The standard InChI is InChI=1S/C14H14Cl2FN3O/c1-19-7-8(2-3-14(19)21)20-12-5-10(17)9(16)4-11(12)18-13(20)6-15/h4-5,8H,2-3,6-7H2,1H3. The summed E-state index contributed by atoms with van der Waals surface area (Å²) in [5, 5.41) is 0.0456. The molecule has 1 saturated heterocycles. The minimum Gasteiger partial charge on any atom is -0.344 e. The van der Waals surface area contributed by atoms with Crippen molar-refractivity contribution in [1.29, 1.82) is 0 Å². The van der Waals surface area contributed by atoms with Crippen LogP contribution < -0.4 is 0 Å². The molecule has 0 bridgehead atoms. The van der Waals surface area contributed by atoms with Gasteiger partial charge in [-0.3, -0.25) is 4.79 Å². The number of carbonyl (C=O) groups is 1. The lowest BCUT2D eigenvalue weighted by molar-refractivity contribution is -0.132. The van der Waals surface area contributed by atoms with E-state index in [0.29, 0.717) is 36.2 Å². The summed E-state index contributed by atoms with van der Waals surface area (Å²) >= 11 is 11.8. The van der Waals surface area contributed by atoms with Gasteiger partial charge in [-0.05, 0) is 12.5 Å². The average molecular weight is 330 g/mol. The molecular weight excluding hydrogens is 316 g/mol. The van der Waals surface area contributed by atoms with Gasteiger partial charge in [0.25, 0.3) is 0 Å². The number of likely N-dealkylation sites (tertiary alicyclic amines) is 1. The maximum absolute atomic E-state index is 13.8. The molecule has 2 heterocycles. The molecule has 3 rings (SSSR count). The number of carbonyl (C=O) groups excluding carboxylic acids is 1. The van der Waals surface area contributed by atoms with Gasteiger partial charge in [0.15, 0.2) is 0 Å². The van der Waals surface area contributed by atoms with Gasteiger partial charge in [0.05, 0.1) is 28.0 Å². The second kappa shape index (κ2) is 5.46. The zero-order valence-electron chi connectivity index (χ0n) is 11.4. The third kappa shape index (κ3) is 2.49. The Morgan fingerprint density at radius 1 is 1.48 bits per heavy atom. The van der Waals surface area contributed by atoms with Crippen LogP contribution in [0.25, 0.3) is 11.0 Å². The number of amides is 1. The maximum atomic E-state index is 13.8. The van der Waals surface area contributed by atoms with Crippen LogP contribution in [0.5, 0.6) is 0 Å². The molecule has 7 heteroatoms. The van der Waals surface area contributed by atoms with Crippen LogP contribution in [-0.4, -0.2) is 34.0 Å². The van der Waals surface area contributed by atoms with Crippen LogP contribution >= 0.6 is 23.2 Å². The highest BCUT2D eigenvalue weighted by Crippen LogP contribution is 2.31. The van der Waals surface area contributed by atoms with Crippen molar-refractivity contribution in [3.63, 3.8) is 0 Å². The molecule has 1 fully saturated rings. The van der Waals surface area contributed by atoms with Gasteiger partial charge >= 0.3 is 0 Å². The van der Waals surface area contributed by atoms with Crippen molar-refractivity contribution in [3.05, 3.63) is 28.8 Å². The third-order valence-corrected chi connectivity index (χ3v) is 4.42. The topological polar surface area (TPSA) is 38.1 Å². The second-order valence-electron chi connectivity index (χ2n) is 5.25. The van der Waals surface area contributed by atoms with Crippen LogP contribution in [0.15, 0.2) is 12.1 Å². The highest BCUT2D eigenvalue weighted by Gasteiger charge is 2.27. The molecule has 0 saturated carbocycles. The van der Waals surface area contributed by atoms with Gasteiger partial charge in [-0.2, -0.15) is 0 Å². The molecule has 0 radical (unpaired) electrons. The Kier molecular flexibility index (Phi) is 3.80. The highest BCUT2D eigenvalue weighted by atomic mass is 35.5. The molecule has 1 aromatic heterocycles. The van der Waals surface area contributed by atoms with E-state index in [-0.39, 0.29) is 22.9 Å². The minimum absolute atomic E-state index is 0.0456. The quantitative estimate of drug-likeness (QED) is 0.792. The van der Waals surface area contributed by atoms with Crippen LogP contribution in [-0.2, 0) is 10.7 Å². The SMILES string of the molecule is CN1CC(n2c(CCl)nc3cc(Cl)c(F)cc32)CCC1=O. The van der Waals surface area contributed by atoms with Crippen LogP contribution in [0.3, 0.4) is 0 Å². The number of benzene rings is 1. The molecule has 1 atom stereocenters. The van der Waals surface area contributed by atoms with E-state index in [4.69, 9.17) is 23.2 Å². The van der Waals surface area contributed by atoms with E-state index in [1.807, 2.05) is 4.57 Å². The van der Waals surface area contributed by atoms with Crippen molar-refractivity contribution in [2.75, 3.05) is 13.6 Å². The first-order chi connectivity index (χ1) is 10.0. The zero-order valence-corrected chi connectivity index (χ0v) is 13.0. The van der Waals surface area contributed by atoms with E-state index in [0.717, 1.165) is 0 Å². The Balaban J connectivity index is 2.12. The minimum atomic E-state index is -0.480. The Labute approximate surface area is 131 Å². The summed E-state index contributed by atoms with van der Waals surface area (Å²) in [6, 6.07) is 2.94. The number of halogens is 3. The molecule has 2 aromatic rings. The van der Waals surface area contributed by atoms with Gasteiger partial charge in [-0.1, -0.05) is 11.6 Å². The van der Waals surface area contributed by atoms with E-state index in [1.165, 1.54) is 12.1 Å². The Bertz CT molecular complexity index is 716. The predicted octanol–water partition coefficient (Wildman–Crippen LogP) is 3.36. The van der Waals surface area contributed by atoms with Crippen LogP contribution in [0.4, 0.5) is 4.39 Å².